The number of aromatic nitrogens is 1. The summed E-state index contributed by atoms with van der Waals surface area (Å²) in [6.45, 7) is 1.74. The summed E-state index contributed by atoms with van der Waals surface area (Å²) in [5, 5.41) is 4.70. The number of aryl methyl sites for hydroxylation is 1. The maximum Gasteiger partial charge on any atom is 0.253 e. The van der Waals surface area contributed by atoms with Gasteiger partial charge in [-0.25, -0.2) is 0 Å². The van der Waals surface area contributed by atoms with Gasteiger partial charge in [0.25, 0.3) is 17.8 Å². The van der Waals surface area contributed by atoms with Crippen molar-refractivity contribution in [1.29, 1.82) is 0 Å². The molecule has 0 atom stereocenters. The van der Waals surface area contributed by atoms with Crippen LogP contribution in [0.1, 0.15) is 15.9 Å². The normalized spacial score (nSPS) is 10.5. The lowest BCUT2D eigenvalue weighted by molar-refractivity contribution is 0.0955. The smallest absolute Gasteiger partial charge is 0.253 e. The lowest BCUT2D eigenvalue weighted by atomic mass is 10.1. The molecule has 0 spiro atoms. The van der Waals surface area contributed by atoms with Crippen LogP contribution < -0.4 is 10.6 Å². The Kier molecular flexibility index (Phi) is 5.15. The Labute approximate surface area is 129 Å². The fraction of sp³-hybridized carbons (Fsp3) is 0.200. The summed E-state index contributed by atoms with van der Waals surface area (Å²) in [6, 6.07) is 6.79. The molecule has 23 heavy (non-hydrogen) atoms. The topological polar surface area (TPSA) is 54.0 Å². The molecule has 0 saturated carbocycles. The van der Waals surface area contributed by atoms with Crippen LogP contribution in [-0.4, -0.2) is 24.0 Å². The van der Waals surface area contributed by atoms with E-state index >= 15 is 0 Å². The van der Waals surface area contributed by atoms with Crippen molar-refractivity contribution in [3.63, 3.8) is 0 Å². The van der Waals surface area contributed by atoms with Gasteiger partial charge in [0, 0.05) is 18.7 Å². The van der Waals surface area contributed by atoms with Crippen LogP contribution >= 0.6 is 0 Å². The molecule has 0 bridgehead atoms. The van der Waals surface area contributed by atoms with Crippen molar-refractivity contribution in [2.75, 3.05) is 18.4 Å². The summed E-state index contributed by atoms with van der Waals surface area (Å²) in [6.07, 6.45) is 0. The van der Waals surface area contributed by atoms with Gasteiger partial charge in [0.05, 0.1) is 0 Å². The van der Waals surface area contributed by atoms with Gasteiger partial charge in [-0.2, -0.15) is 22.5 Å². The summed E-state index contributed by atoms with van der Waals surface area (Å²) in [7, 11) is 0. The van der Waals surface area contributed by atoms with E-state index in [4.69, 9.17) is 0 Å². The first-order valence-corrected chi connectivity index (χ1v) is 6.69. The second-order valence-electron chi connectivity index (χ2n) is 4.75. The number of carbonyl (C=O) groups is 1. The summed E-state index contributed by atoms with van der Waals surface area (Å²) >= 11 is 0. The highest BCUT2D eigenvalue weighted by Gasteiger charge is 2.20. The van der Waals surface area contributed by atoms with E-state index < -0.39 is 29.2 Å². The van der Waals surface area contributed by atoms with E-state index in [0.717, 1.165) is 5.56 Å². The number of nitrogens with one attached hydrogen (secondary N) is 2. The molecule has 0 saturated heterocycles. The number of hydrogen-bond donors (Lipinski definition) is 2. The van der Waals surface area contributed by atoms with E-state index in [-0.39, 0.29) is 19.0 Å². The van der Waals surface area contributed by atoms with Gasteiger partial charge in [-0.15, -0.1) is 0 Å². The van der Waals surface area contributed by atoms with Crippen LogP contribution in [0.25, 0.3) is 0 Å². The molecule has 2 rings (SSSR count). The molecule has 122 valence electrons. The molecule has 1 amide bonds. The Bertz CT molecular complexity index is 693. The minimum atomic E-state index is -1.74. The molecule has 2 aromatic rings. The first-order chi connectivity index (χ1) is 10.9. The summed E-state index contributed by atoms with van der Waals surface area (Å²) < 4.78 is 52.5. The quantitative estimate of drug-likeness (QED) is 0.504. The average Bonchev–Trinajstić information content (AvgIpc) is 2.52. The fourth-order valence-electron chi connectivity index (χ4n) is 1.81. The molecule has 0 radical (unpaired) electrons. The van der Waals surface area contributed by atoms with Gasteiger partial charge >= 0.3 is 0 Å². The first kappa shape index (κ1) is 16.7. The Balaban J connectivity index is 1.91. The van der Waals surface area contributed by atoms with Crippen LogP contribution in [0.15, 0.2) is 24.3 Å². The van der Waals surface area contributed by atoms with E-state index in [2.05, 4.69) is 15.6 Å². The second-order valence-corrected chi connectivity index (χ2v) is 4.75. The number of benzene rings is 1. The SMILES string of the molecule is Cc1ccc(C(=O)NCCNc2c(F)c(F)nc(F)c2F)cc1. The highest BCUT2D eigenvalue weighted by molar-refractivity contribution is 5.94. The first-order valence-electron chi connectivity index (χ1n) is 6.69. The van der Waals surface area contributed by atoms with Gasteiger partial charge in [-0.05, 0) is 19.1 Å². The lowest BCUT2D eigenvalue weighted by Gasteiger charge is -2.10. The summed E-state index contributed by atoms with van der Waals surface area (Å²) in [5.74, 6) is -7.09. The standard InChI is InChI=1S/C15H13F4N3O/c1-8-2-4-9(5-3-8)15(23)21-7-6-20-12-10(16)13(18)22-14(19)11(12)17/h2-5H,6-7H2,1H3,(H,20,22)(H,21,23). The zero-order valence-corrected chi connectivity index (χ0v) is 12.1. The average molecular weight is 327 g/mol. The third kappa shape index (κ3) is 3.97. The minimum absolute atomic E-state index is 0.00283. The van der Waals surface area contributed by atoms with Crippen molar-refractivity contribution < 1.29 is 22.4 Å². The lowest BCUT2D eigenvalue weighted by Crippen LogP contribution is -2.29. The zero-order chi connectivity index (χ0) is 17.0. The van der Waals surface area contributed by atoms with E-state index in [1.54, 1.807) is 24.3 Å². The van der Waals surface area contributed by atoms with Crippen molar-refractivity contribution in [2.45, 2.75) is 6.92 Å². The van der Waals surface area contributed by atoms with E-state index in [0.29, 0.717) is 5.56 Å². The maximum absolute atomic E-state index is 13.3. The van der Waals surface area contributed by atoms with E-state index in [1.807, 2.05) is 6.92 Å². The molecule has 1 aromatic heterocycles. The van der Waals surface area contributed by atoms with Crippen LogP contribution in [0.4, 0.5) is 23.2 Å². The number of pyridine rings is 1. The van der Waals surface area contributed by atoms with Crippen molar-refractivity contribution in [2.24, 2.45) is 0 Å². The number of carbonyl (C=O) groups excluding carboxylic acids is 1. The van der Waals surface area contributed by atoms with Gasteiger partial charge in [0.1, 0.15) is 5.69 Å². The number of nitrogens with zero attached hydrogens (tertiary/aromatic N) is 1. The number of amides is 1. The van der Waals surface area contributed by atoms with Gasteiger partial charge in [-0.1, -0.05) is 17.7 Å². The van der Waals surface area contributed by atoms with Gasteiger partial charge in [0.15, 0.2) is 0 Å². The largest absolute Gasteiger partial charge is 0.378 e. The molecular weight excluding hydrogens is 314 g/mol. The Morgan fingerprint density at radius 1 is 1.00 bits per heavy atom. The van der Waals surface area contributed by atoms with E-state index in [1.165, 1.54) is 0 Å². The molecule has 2 N–H and O–H groups in total. The molecule has 1 aromatic carbocycles. The highest BCUT2D eigenvalue weighted by Crippen LogP contribution is 2.21. The van der Waals surface area contributed by atoms with Crippen molar-refractivity contribution in [1.82, 2.24) is 10.3 Å². The monoisotopic (exact) mass is 327 g/mol. The molecular formula is C15H13F4N3O. The van der Waals surface area contributed by atoms with Crippen LogP contribution in [0.5, 0.6) is 0 Å². The highest BCUT2D eigenvalue weighted by atomic mass is 19.2. The molecule has 4 nitrogen and oxygen atoms in total. The minimum Gasteiger partial charge on any atom is -0.378 e. The Morgan fingerprint density at radius 3 is 2.13 bits per heavy atom. The van der Waals surface area contributed by atoms with Crippen LogP contribution in [0.2, 0.25) is 0 Å². The third-order valence-electron chi connectivity index (χ3n) is 3.02. The number of hydrogen-bond acceptors (Lipinski definition) is 3. The summed E-state index contributed by atoms with van der Waals surface area (Å²) in [4.78, 5) is 14.2. The molecule has 0 aliphatic rings. The molecule has 1 heterocycles. The van der Waals surface area contributed by atoms with Crippen LogP contribution in [0.3, 0.4) is 0 Å². The predicted octanol–water partition coefficient (Wildman–Crippen LogP) is 2.79. The van der Waals surface area contributed by atoms with Crippen molar-refractivity contribution in [3.8, 4) is 0 Å². The Hall–Kier alpha value is -2.64. The van der Waals surface area contributed by atoms with Gasteiger partial charge in [0.2, 0.25) is 11.6 Å². The number of anilines is 1. The molecule has 0 aliphatic heterocycles. The summed E-state index contributed by atoms with van der Waals surface area (Å²) in [5.41, 5.74) is 0.462. The zero-order valence-electron chi connectivity index (χ0n) is 12.1. The molecule has 8 heteroatoms. The molecule has 0 unspecified atom stereocenters. The van der Waals surface area contributed by atoms with Gasteiger partial charge in [-0.3, -0.25) is 4.79 Å². The Morgan fingerprint density at radius 2 is 1.57 bits per heavy atom. The maximum atomic E-state index is 13.3. The molecule has 0 fully saturated rings. The van der Waals surface area contributed by atoms with Crippen LogP contribution in [0, 0.1) is 30.5 Å². The third-order valence-corrected chi connectivity index (χ3v) is 3.02. The van der Waals surface area contributed by atoms with Crippen LogP contribution in [-0.2, 0) is 0 Å². The van der Waals surface area contributed by atoms with Crippen molar-refractivity contribution >= 4 is 11.6 Å². The predicted molar refractivity (Wildman–Crippen MR) is 76.1 cm³/mol. The second kappa shape index (κ2) is 7.08. The fourth-order valence-corrected chi connectivity index (χ4v) is 1.81. The number of rotatable bonds is 5. The van der Waals surface area contributed by atoms with Crippen molar-refractivity contribution in [3.05, 3.63) is 58.9 Å². The van der Waals surface area contributed by atoms with Gasteiger partial charge < -0.3 is 10.6 Å². The van der Waals surface area contributed by atoms with E-state index in [9.17, 15) is 22.4 Å². The molecule has 0 aliphatic carbocycles. The number of halogens is 4.